The summed E-state index contributed by atoms with van der Waals surface area (Å²) in [5.74, 6) is 1.65. The van der Waals surface area contributed by atoms with Gasteiger partial charge >= 0.3 is 0 Å². The number of hydrogen-bond donors (Lipinski definition) is 4. The minimum atomic E-state index is 0.392. The van der Waals surface area contributed by atoms with Gasteiger partial charge in [-0.25, -0.2) is 9.97 Å². The Kier molecular flexibility index (Phi) is 4.66. The minimum absolute atomic E-state index is 0.392. The SMILES string of the molecule is Cc1cc(Nc2cnc(-c3ccc(C)c(NC4CCCC4)c3)c(N)n2)n[nH]1. The van der Waals surface area contributed by atoms with E-state index in [1.54, 1.807) is 6.20 Å². The lowest BCUT2D eigenvalue weighted by Gasteiger charge is -2.17. The monoisotopic (exact) mass is 363 g/mol. The van der Waals surface area contributed by atoms with Crippen LogP contribution in [-0.4, -0.2) is 26.2 Å². The molecule has 0 atom stereocenters. The standard InChI is InChI=1S/C20H25N7/c1-12-7-8-14(10-16(12)23-15-5-3-4-6-15)19-20(21)25-18(11-22-19)24-17-9-13(2)26-27-17/h7-11,15,23H,3-6H2,1-2H3,(H4,21,24,25,26,27). The van der Waals surface area contributed by atoms with Gasteiger partial charge in [0.15, 0.2) is 17.5 Å². The van der Waals surface area contributed by atoms with Crippen LogP contribution >= 0.6 is 0 Å². The summed E-state index contributed by atoms with van der Waals surface area (Å²) in [5, 5.41) is 13.8. The van der Waals surface area contributed by atoms with Gasteiger partial charge in [0.05, 0.1) is 6.20 Å². The van der Waals surface area contributed by atoms with Gasteiger partial charge in [0.2, 0.25) is 0 Å². The number of nitrogen functional groups attached to an aromatic ring is 1. The summed E-state index contributed by atoms with van der Waals surface area (Å²) in [6.07, 6.45) is 6.76. The summed E-state index contributed by atoms with van der Waals surface area (Å²) in [7, 11) is 0. The number of aryl methyl sites for hydroxylation is 2. The molecule has 1 fully saturated rings. The molecule has 0 amide bonds. The van der Waals surface area contributed by atoms with Crippen LogP contribution in [-0.2, 0) is 0 Å². The van der Waals surface area contributed by atoms with Gasteiger partial charge in [-0.1, -0.05) is 25.0 Å². The number of benzene rings is 1. The molecule has 0 unspecified atom stereocenters. The van der Waals surface area contributed by atoms with E-state index in [9.17, 15) is 0 Å². The van der Waals surface area contributed by atoms with Gasteiger partial charge in [-0.05, 0) is 38.3 Å². The van der Waals surface area contributed by atoms with Crippen molar-refractivity contribution >= 4 is 23.1 Å². The smallest absolute Gasteiger partial charge is 0.153 e. The molecule has 0 spiro atoms. The lowest BCUT2D eigenvalue weighted by atomic mass is 10.1. The van der Waals surface area contributed by atoms with Crippen LogP contribution in [0.1, 0.15) is 36.9 Å². The first-order chi connectivity index (χ1) is 13.1. The van der Waals surface area contributed by atoms with Crippen LogP contribution in [0.2, 0.25) is 0 Å². The van der Waals surface area contributed by atoms with Gasteiger partial charge in [-0.15, -0.1) is 0 Å². The Bertz CT molecular complexity index is 941. The fourth-order valence-electron chi connectivity index (χ4n) is 3.51. The van der Waals surface area contributed by atoms with Gasteiger partial charge in [0, 0.05) is 29.1 Å². The normalized spacial score (nSPS) is 14.4. The predicted molar refractivity (Wildman–Crippen MR) is 109 cm³/mol. The number of nitrogens with zero attached hydrogens (tertiary/aromatic N) is 3. The van der Waals surface area contributed by atoms with Crippen molar-refractivity contribution in [2.45, 2.75) is 45.6 Å². The van der Waals surface area contributed by atoms with Crippen molar-refractivity contribution in [1.29, 1.82) is 0 Å². The first-order valence-electron chi connectivity index (χ1n) is 9.37. The van der Waals surface area contributed by atoms with Crippen molar-refractivity contribution in [3.63, 3.8) is 0 Å². The zero-order chi connectivity index (χ0) is 18.8. The molecule has 2 aromatic heterocycles. The highest BCUT2D eigenvalue weighted by atomic mass is 15.2. The molecule has 4 rings (SSSR count). The maximum Gasteiger partial charge on any atom is 0.153 e. The molecule has 140 valence electrons. The minimum Gasteiger partial charge on any atom is -0.382 e. The Morgan fingerprint density at radius 1 is 1.11 bits per heavy atom. The average molecular weight is 363 g/mol. The maximum atomic E-state index is 6.20. The van der Waals surface area contributed by atoms with Gasteiger partial charge in [-0.3, -0.25) is 5.10 Å². The van der Waals surface area contributed by atoms with Crippen molar-refractivity contribution in [3.05, 3.63) is 41.7 Å². The maximum absolute atomic E-state index is 6.20. The third kappa shape index (κ3) is 3.86. The fraction of sp³-hybridized carbons (Fsp3) is 0.350. The third-order valence-electron chi connectivity index (χ3n) is 4.99. The molecule has 0 radical (unpaired) electrons. The molecular weight excluding hydrogens is 338 g/mol. The first-order valence-corrected chi connectivity index (χ1v) is 9.37. The molecule has 1 aliphatic rings. The number of aromatic nitrogens is 4. The second-order valence-electron chi connectivity index (χ2n) is 7.21. The topological polar surface area (TPSA) is 105 Å². The molecule has 0 saturated heterocycles. The van der Waals surface area contributed by atoms with E-state index < -0.39 is 0 Å². The third-order valence-corrected chi connectivity index (χ3v) is 4.99. The number of nitrogens with one attached hydrogen (secondary N) is 3. The van der Waals surface area contributed by atoms with Crippen molar-refractivity contribution in [2.24, 2.45) is 0 Å². The van der Waals surface area contributed by atoms with Crippen LogP contribution in [0.5, 0.6) is 0 Å². The first kappa shape index (κ1) is 17.3. The molecule has 2 heterocycles. The summed E-state index contributed by atoms with van der Waals surface area (Å²) in [5.41, 5.74) is 11.2. The highest BCUT2D eigenvalue weighted by Crippen LogP contribution is 2.30. The summed E-state index contributed by atoms with van der Waals surface area (Å²) in [6, 6.07) is 8.73. The molecule has 1 aliphatic carbocycles. The molecule has 0 aliphatic heterocycles. The van der Waals surface area contributed by atoms with E-state index in [1.165, 1.54) is 31.2 Å². The number of rotatable bonds is 5. The van der Waals surface area contributed by atoms with E-state index in [1.807, 2.05) is 19.1 Å². The largest absolute Gasteiger partial charge is 0.382 e. The quantitative estimate of drug-likeness (QED) is 0.542. The molecular formula is C20H25N7. The highest BCUT2D eigenvalue weighted by molar-refractivity contribution is 5.75. The van der Waals surface area contributed by atoms with Crippen molar-refractivity contribution in [2.75, 3.05) is 16.4 Å². The van der Waals surface area contributed by atoms with Crippen LogP contribution in [0.25, 0.3) is 11.3 Å². The second-order valence-corrected chi connectivity index (χ2v) is 7.21. The van der Waals surface area contributed by atoms with Gasteiger partial charge in [0.25, 0.3) is 0 Å². The van der Waals surface area contributed by atoms with E-state index in [4.69, 9.17) is 5.73 Å². The fourth-order valence-corrected chi connectivity index (χ4v) is 3.51. The molecule has 7 heteroatoms. The summed E-state index contributed by atoms with van der Waals surface area (Å²) < 4.78 is 0. The zero-order valence-corrected chi connectivity index (χ0v) is 15.7. The Hall–Kier alpha value is -3.09. The van der Waals surface area contributed by atoms with Crippen molar-refractivity contribution in [3.8, 4) is 11.3 Å². The van der Waals surface area contributed by atoms with E-state index in [2.05, 4.69) is 49.9 Å². The number of nitrogens with two attached hydrogens (primary N) is 1. The molecule has 5 N–H and O–H groups in total. The lowest BCUT2D eigenvalue weighted by molar-refractivity contribution is 0.754. The van der Waals surface area contributed by atoms with Gasteiger partial charge < -0.3 is 16.4 Å². The summed E-state index contributed by atoms with van der Waals surface area (Å²) in [4.78, 5) is 8.98. The molecule has 27 heavy (non-hydrogen) atoms. The number of hydrogen-bond acceptors (Lipinski definition) is 6. The van der Waals surface area contributed by atoms with E-state index in [-0.39, 0.29) is 0 Å². The molecule has 0 bridgehead atoms. The van der Waals surface area contributed by atoms with Crippen LogP contribution in [0, 0.1) is 13.8 Å². The number of anilines is 4. The van der Waals surface area contributed by atoms with E-state index >= 15 is 0 Å². The van der Waals surface area contributed by atoms with E-state index in [0.29, 0.717) is 29.2 Å². The molecule has 1 saturated carbocycles. The summed E-state index contributed by atoms with van der Waals surface area (Å²) >= 11 is 0. The molecule has 3 aromatic rings. The highest BCUT2D eigenvalue weighted by Gasteiger charge is 2.16. The second kappa shape index (κ2) is 7.26. The summed E-state index contributed by atoms with van der Waals surface area (Å²) in [6.45, 7) is 4.06. The molecule has 1 aromatic carbocycles. The van der Waals surface area contributed by atoms with Gasteiger partial charge in [-0.2, -0.15) is 5.10 Å². The average Bonchev–Trinajstić information content (AvgIpc) is 3.29. The van der Waals surface area contributed by atoms with Crippen LogP contribution in [0.3, 0.4) is 0 Å². The van der Waals surface area contributed by atoms with Crippen LogP contribution < -0.4 is 16.4 Å². The van der Waals surface area contributed by atoms with Crippen LogP contribution in [0.4, 0.5) is 23.1 Å². The predicted octanol–water partition coefficient (Wildman–Crippen LogP) is 4.16. The van der Waals surface area contributed by atoms with Gasteiger partial charge in [0.1, 0.15) is 5.69 Å². The Labute approximate surface area is 158 Å². The van der Waals surface area contributed by atoms with E-state index in [0.717, 1.165) is 16.9 Å². The Balaban J connectivity index is 1.57. The zero-order valence-electron chi connectivity index (χ0n) is 15.7. The number of aromatic amines is 1. The lowest BCUT2D eigenvalue weighted by Crippen LogP contribution is -2.15. The number of H-pyrrole nitrogens is 1. The van der Waals surface area contributed by atoms with Crippen molar-refractivity contribution in [1.82, 2.24) is 20.2 Å². The Morgan fingerprint density at radius 3 is 2.63 bits per heavy atom. The Morgan fingerprint density at radius 2 is 1.93 bits per heavy atom. The molecule has 7 nitrogen and oxygen atoms in total. The van der Waals surface area contributed by atoms with Crippen LogP contribution in [0.15, 0.2) is 30.5 Å². The van der Waals surface area contributed by atoms with Crippen molar-refractivity contribution < 1.29 is 0 Å².